The minimum atomic E-state index is -0.589. The van der Waals surface area contributed by atoms with Crippen molar-refractivity contribution >= 4 is 35.1 Å². The van der Waals surface area contributed by atoms with Gasteiger partial charge in [0.2, 0.25) is 0 Å². The van der Waals surface area contributed by atoms with Crippen molar-refractivity contribution in [3.8, 4) is 11.5 Å². The molecule has 0 saturated heterocycles. The van der Waals surface area contributed by atoms with E-state index in [0.717, 1.165) is 0 Å². The highest BCUT2D eigenvalue weighted by atomic mass is 35.5. The fourth-order valence-electron chi connectivity index (χ4n) is 1.55. The molecule has 0 spiro atoms. The highest BCUT2D eigenvalue weighted by Gasteiger charge is 2.13. The van der Waals surface area contributed by atoms with Crippen molar-refractivity contribution in [3.05, 3.63) is 58.1 Å². The number of rotatable bonds is 3. The van der Waals surface area contributed by atoms with E-state index in [0.29, 0.717) is 16.3 Å². The van der Waals surface area contributed by atoms with Crippen LogP contribution in [0.15, 0.2) is 42.5 Å². The van der Waals surface area contributed by atoms with E-state index in [1.54, 1.807) is 18.2 Å². The zero-order chi connectivity index (χ0) is 15.4. The highest BCUT2D eigenvalue weighted by molar-refractivity contribution is 6.43. The minimum absolute atomic E-state index is 0.170. The lowest BCUT2D eigenvalue weighted by atomic mass is 10.2. The van der Waals surface area contributed by atoms with Gasteiger partial charge in [0, 0.05) is 6.92 Å². The van der Waals surface area contributed by atoms with Crippen LogP contribution in [0.1, 0.15) is 17.3 Å². The predicted octanol–water partition coefficient (Wildman–Crippen LogP) is 4.14. The first kappa shape index (κ1) is 15.4. The molecule has 108 valence electrons. The van der Waals surface area contributed by atoms with Gasteiger partial charge in [-0.25, -0.2) is 4.79 Å². The summed E-state index contributed by atoms with van der Waals surface area (Å²) >= 11 is 11.8. The minimum Gasteiger partial charge on any atom is -0.427 e. The third-order valence-corrected chi connectivity index (χ3v) is 3.27. The summed E-state index contributed by atoms with van der Waals surface area (Å²) < 4.78 is 10.0. The summed E-state index contributed by atoms with van der Waals surface area (Å²) in [5.41, 5.74) is 0.293. The summed E-state index contributed by atoms with van der Waals surface area (Å²) in [4.78, 5) is 22.8. The summed E-state index contributed by atoms with van der Waals surface area (Å²) in [5.74, 6) is -0.498. The van der Waals surface area contributed by atoms with Gasteiger partial charge in [-0.15, -0.1) is 0 Å². The Hall–Kier alpha value is -2.04. The molecule has 0 atom stereocenters. The van der Waals surface area contributed by atoms with Crippen molar-refractivity contribution in [2.24, 2.45) is 0 Å². The molecule has 2 rings (SSSR count). The Balaban J connectivity index is 2.13. The maximum absolute atomic E-state index is 12.0. The van der Waals surface area contributed by atoms with Crippen LogP contribution in [0.2, 0.25) is 10.0 Å². The lowest BCUT2D eigenvalue weighted by Gasteiger charge is -2.07. The highest BCUT2D eigenvalue weighted by Crippen LogP contribution is 2.32. The van der Waals surface area contributed by atoms with Crippen molar-refractivity contribution in [2.75, 3.05) is 0 Å². The molecule has 0 N–H and O–H groups in total. The zero-order valence-electron chi connectivity index (χ0n) is 10.9. The third-order valence-electron chi connectivity index (χ3n) is 2.47. The molecule has 0 saturated carbocycles. The average molecular weight is 325 g/mol. The molecule has 2 aromatic carbocycles. The van der Waals surface area contributed by atoms with Gasteiger partial charge in [0.25, 0.3) is 0 Å². The van der Waals surface area contributed by atoms with Gasteiger partial charge in [0.15, 0.2) is 5.75 Å². The van der Waals surface area contributed by atoms with Crippen LogP contribution in [0.4, 0.5) is 0 Å². The molecular weight excluding hydrogens is 315 g/mol. The first-order valence-electron chi connectivity index (χ1n) is 5.92. The smallest absolute Gasteiger partial charge is 0.343 e. The maximum Gasteiger partial charge on any atom is 0.343 e. The van der Waals surface area contributed by atoms with Crippen LogP contribution in [0.25, 0.3) is 0 Å². The topological polar surface area (TPSA) is 52.6 Å². The van der Waals surface area contributed by atoms with Crippen LogP contribution in [0.5, 0.6) is 11.5 Å². The van der Waals surface area contributed by atoms with Crippen molar-refractivity contribution < 1.29 is 19.1 Å². The maximum atomic E-state index is 12.0. The fraction of sp³-hybridized carbons (Fsp3) is 0.0667. The summed E-state index contributed by atoms with van der Waals surface area (Å²) in [6.45, 7) is 1.29. The van der Waals surface area contributed by atoms with Crippen LogP contribution < -0.4 is 9.47 Å². The SMILES string of the molecule is CC(=O)Oc1ccc(C(=O)Oc2cccc(Cl)c2Cl)cc1. The Labute approximate surface area is 131 Å². The second kappa shape index (κ2) is 6.61. The van der Waals surface area contributed by atoms with Gasteiger partial charge in [-0.3, -0.25) is 4.79 Å². The number of esters is 2. The van der Waals surface area contributed by atoms with E-state index >= 15 is 0 Å². The van der Waals surface area contributed by atoms with Gasteiger partial charge >= 0.3 is 11.9 Å². The summed E-state index contributed by atoms with van der Waals surface area (Å²) in [6, 6.07) is 10.7. The summed E-state index contributed by atoms with van der Waals surface area (Å²) in [6.07, 6.45) is 0. The van der Waals surface area contributed by atoms with E-state index in [-0.39, 0.29) is 10.8 Å². The molecule has 0 aliphatic carbocycles. The van der Waals surface area contributed by atoms with E-state index in [1.165, 1.54) is 31.2 Å². The lowest BCUT2D eigenvalue weighted by molar-refractivity contribution is -0.131. The van der Waals surface area contributed by atoms with Crippen LogP contribution in [0, 0.1) is 0 Å². The predicted molar refractivity (Wildman–Crippen MR) is 79.2 cm³/mol. The van der Waals surface area contributed by atoms with E-state index < -0.39 is 11.9 Å². The van der Waals surface area contributed by atoms with E-state index in [1.807, 2.05) is 0 Å². The Morgan fingerprint density at radius 1 is 0.952 bits per heavy atom. The number of hydrogen-bond donors (Lipinski definition) is 0. The number of ether oxygens (including phenoxy) is 2. The number of halogens is 2. The van der Waals surface area contributed by atoms with Crippen molar-refractivity contribution in [3.63, 3.8) is 0 Å². The summed E-state index contributed by atoms with van der Waals surface area (Å²) in [5, 5.41) is 0.469. The molecule has 0 aromatic heterocycles. The zero-order valence-corrected chi connectivity index (χ0v) is 12.4. The van der Waals surface area contributed by atoms with Gasteiger partial charge < -0.3 is 9.47 Å². The molecule has 0 fully saturated rings. The van der Waals surface area contributed by atoms with E-state index in [2.05, 4.69) is 0 Å². The van der Waals surface area contributed by atoms with Crippen LogP contribution >= 0.6 is 23.2 Å². The monoisotopic (exact) mass is 324 g/mol. The average Bonchev–Trinajstić information content (AvgIpc) is 2.44. The van der Waals surface area contributed by atoms with E-state index in [9.17, 15) is 9.59 Å². The molecule has 0 radical (unpaired) electrons. The number of carbonyl (C=O) groups excluding carboxylic acids is 2. The van der Waals surface area contributed by atoms with Gasteiger partial charge in [-0.05, 0) is 36.4 Å². The van der Waals surface area contributed by atoms with Crippen molar-refractivity contribution in [1.29, 1.82) is 0 Å². The second-order valence-electron chi connectivity index (χ2n) is 4.06. The fourth-order valence-corrected chi connectivity index (χ4v) is 1.88. The van der Waals surface area contributed by atoms with Crippen LogP contribution in [-0.2, 0) is 4.79 Å². The van der Waals surface area contributed by atoms with Gasteiger partial charge in [0.1, 0.15) is 10.8 Å². The van der Waals surface area contributed by atoms with E-state index in [4.69, 9.17) is 32.7 Å². The standard InChI is InChI=1S/C15H10Cl2O4/c1-9(18)20-11-7-5-10(6-8-11)15(19)21-13-4-2-3-12(16)14(13)17/h2-8H,1H3. The first-order chi connectivity index (χ1) is 9.97. The Morgan fingerprint density at radius 2 is 1.62 bits per heavy atom. The third kappa shape index (κ3) is 3.97. The normalized spacial score (nSPS) is 10.0. The number of benzene rings is 2. The molecule has 0 aliphatic heterocycles. The molecule has 0 unspecified atom stereocenters. The molecular formula is C15H10Cl2O4. The lowest BCUT2D eigenvalue weighted by Crippen LogP contribution is -2.09. The largest absolute Gasteiger partial charge is 0.427 e. The number of carbonyl (C=O) groups is 2. The van der Waals surface area contributed by atoms with Crippen molar-refractivity contribution in [1.82, 2.24) is 0 Å². The second-order valence-corrected chi connectivity index (χ2v) is 4.84. The first-order valence-corrected chi connectivity index (χ1v) is 6.67. The molecule has 0 heterocycles. The quantitative estimate of drug-likeness (QED) is 0.629. The molecule has 0 amide bonds. The molecule has 2 aromatic rings. The Bertz CT molecular complexity index is 681. The van der Waals surface area contributed by atoms with Crippen LogP contribution in [-0.4, -0.2) is 11.9 Å². The molecule has 21 heavy (non-hydrogen) atoms. The molecule has 6 heteroatoms. The Morgan fingerprint density at radius 3 is 2.24 bits per heavy atom. The van der Waals surface area contributed by atoms with Gasteiger partial charge in [-0.1, -0.05) is 29.3 Å². The molecule has 0 bridgehead atoms. The Kier molecular flexibility index (Phi) is 4.83. The molecule has 4 nitrogen and oxygen atoms in total. The summed E-state index contributed by atoms with van der Waals surface area (Å²) in [7, 11) is 0. The van der Waals surface area contributed by atoms with Crippen molar-refractivity contribution in [2.45, 2.75) is 6.92 Å². The van der Waals surface area contributed by atoms with Crippen LogP contribution in [0.3, 0.4) is 0 Å². The number of hydrogen-bond acceptors (Lipinski definition) is 4. The van der Waals surface area contributed by atoms with Gasteiger partial charge in [0.05, 0.1) is 10.6 Å². The molecule has 0 aliphatic rings. The van der Waals surface area contributed by atoms with Gasteiger partial charge in [-0.2, -0.15) is 0 Å².